The Kier molecular flexibility index (Phi) is 6.79. The summed E-state index contributed by atoms with van der Waals surface area (Å²) in [4.78, 5) is 10.8. The van der Waals surface area contributed by atoms with Crippen molar-refractivity contribution in [3.8, 4) is 0 Å². The average molecular weight is 246 g/mol. The van der Waals surface area contributed by atoms with Gasteiger partial charge in [-0.1, -0.05) is 6.58 Å². The summed E-state index contributed by atoms with van der Waals surface area (Å²) in [5.74, 6) is -0.339. The van der Waals surface area contributed by atoms with Crippen LogP contribution in [0.25, 0.3) is 0 Å². The van der Waals surface area contributed by atoms with Crippen LogP contribution in [0.4, 0.5) is 0 Å². The summed E-state index contributed by atoms with van der Waals surface area (Å²) in [6, 6.07) is 1.04. The van der Waals surface area contributed by atoms with E-state index in [1.54, 1.807) is 0 Å². The van der Waals surface area contributed by atoms with Crippen molar-refractivity contribution < 1.29 is 13.6 Å². The van der Waals surface area contributed by atoms with Crippen molar-refractivity contribution in [2.75, 3.05) is 6.61 Å². The molecule has 0 fully saturated rings. The molecule has 0 heterocycles. The number of esters is 1. The lowest BCUT2D eigenvalue weighted by Crippen LogP contribution is -2.35. The normalized spacial score (nSPS) is 11.5. The van der Waals surface area contributed by atoms with Gasteiger partial charge in [0.1, 0.15) is 0 Å². The lowest BCUT2D eigenvalue weighted by molar-refractivity contribution is -0.137. The SMILES string of the molecule is C=CC(=O)OCCC[Si](C)(C)O[SiH](C)C. The molecule has 5 heteroatoms. The highest BCUT2D eigenvalue weighted by Gasteiger charge is 2.22. The molecule has 0 atom stereocenters. The van der Waals surface area contributed by atoms with E-state index in [1.165, 1.54) is 6.08 Å². The van der Waals surface area contributed by atoms with E-state index in [1.807, 2.05) is 0 Å². The third-order valence-electron chi connectivity index (χ3n) is 1.89. The molecular formula is C10H22O3Si2. The quantitative estimate of drug-likeness (QED) is 0.299. The second-order valence-corrected chi connectivity index (χ2v) is 11.5. The van der Waals surface area contributed by atoms with Gasteiger partial charge in [0.2, 0.25) is 0 Å². The molecule has 3 nitrogen and oxygen atoms in total. The van der Waals surface area contributed by atoms with Crippen LogP contribution in [0.2, 0.25) is 32.2 Å². The van der Waals surface area contributed by atoms with E-state index in [0.29, 0.717) is 6.61 Å². The molecule has 0 aliphatic rings. The van der Waals surface area contributed by atoms with Crippen molar-refractivity contribution in [2.24, 2.45) is 0 Å². The summed E-state index contributed by atoms with van der Waals surface area (Å²) in [5.41, 5.74) is 0. The monoisotopic (exact) mass is 246 g/mol. The molecule has 0 N–H and O–H groups in total. The fourth-order valence-corrected chi connectivity index (χ4v) is 8.00. The predicted molar refractivity (Wildman–Crippen MR) is 68.0 cm³/mol. The van der Waals surface area contributed by atoms with Crippen LogP contribution in [0.15, 0.2) is 12.7 Å². The van der Waals surface area contributed by atoms with Crippen LogP contribution in [0.1, 0.15) is 6.42 Å². The predicted octanol–water partition coefficient (Wildman–Crippen LogP) is 2.31. The molecule has 15 heavy (non-hydrogen) atoms. The van der Waals surface area contributed by atoms with Crippen molar-refractivity contribution in [1.29, 1.82) is 0 Å². The standard InChI is InChI=1S/C10H22O3Si2/c1-6-10(11)12-8-7-9-15(4,5)13-14(2)3/h6,14H,1,7-9H2,2-5H3. The third kappa shape index (κ3) is 8.59. The minimum Gasteiger partial charge on any atom is -0.463 e. The molecule has 0 saturated carbocycles. The van der Waals surface area contributed by atoms with Gasteiger partial charge < -0.3 is 8.85 Å². The van der Waals surface area contributed by atoms with Crippen LogP contribution >= 0.6 is 0 Å². The van der Waals surface area contributed by atoms with E-state index in [0.717, 1.165) is 12.5 Å². The molecule has 0 aromatic rings. The van der Waals surface area contributed by atoms with Gasteiger partial charge in [0, 0.05) is 6.08 Å². The van der Waals surface area contributed by atoms with Gasteiger partial charge in [0.05, 0.1) is 6.61 Å². The van der Waals surface area contributed by atoms with Crippen molar-refractivity contribution in [1.82, 2.24) is 0 Å². The number of carbonyl (C=O) groups excluding carboxylic acids is 1. The van der Waals surface area contributed by atoms with Crippen LogP contribution in [-0.4, -0.2) is 29.9 Å². The maximum Gasteiger partial charge on any atom is 0.330 e. The fourth-order valence-electron chi connectivity index (χ4n) is 1.43. The van der Waals surface area contributed by atoms with E-state index in [2.05, 4.69) is 32.8 Å². The van der Waals surface area contributed by atoms with Crippen LogP contribution in [-0.2, 0) is 13.6 Å². The van der Waals surface area contributed by atoms with Gasteiger partial charge in [-0.3, -0.25) is 0 Å². The average Bonchev–Trinajstić information content (AvgIpc) is 2.10. The first-order valence-electron chi connectivity index (χ1n) is 5.34. The Hall–Kier alpha value is -0.396. The number of hydrogen-bond acceptors (Lipinski definition) is 3. The van der Waals surface area contributed by atoms with Crippen molar-refractivity contribution in [2.45, 2.75) is 38.7 Å². The maximum absolute atomic E-state index is 10.8. The molecule has 0 spiro atoms. The highest BCUT2D eigenvalue weighted by atomic mass is 28.4. The van der Waals surface area contributed by atoms with Crippen LogP contribution in [0.5, 0.6) is 0 Å². The number of carbonyl (C=O) groups is 1. The maximum atomic E-state index is 10.8. The molecule has 0 bridgehead atoms. The summed E-state index contributed by atoms with van der Waals surface area (Å²) >= 11 is 0. The van der Waals surface area contributed by atoms with Gasteiger partial charge in [-0.2, -0.15) is 0 Å². The molecule has 0 unspecified atom stereocenters. The van der Waals surface area contributed by atoms with Gasteiger partial charge in [-0.15, -0.1) is 0 Å². The summed E-state index contributed by atoms with van der Waals surface area (Å²) in [7, 11) is -2.44. The van der Waals surface area contributed by atoms with Crippen molar-refractivity contribution in [3.63, 3.8) is 0 Å². The first-order chi connectivity index (χ1) is 6.87. The molecule has 0 radical (unpaired) electrons. The summed E-state index contributed by atoms with van der Waals surface area (Å²) in [6.07, 6.45) is 2.08. The third-order valence-corrected chi connectivity index (χ3v) is 7.88. The second-order valence-electron chi connectivity index (χ2n) is 4.40. The molecule has 0 rings (SSSR count). The molecule has 0 aliphatic heterocycles. The van der Waals surface area contributed by atoms with Crippen molar-refractivity contribution >= 4 is 23.3 Å². The topological polar surface area (TPSA) is 35.5 Å². The Balaban J connectivity index is 3.65. The van der Waals surface area contributed by atoms with Gasteiger partial charge in [-0.05, 0) is 38.7 Å². The van der Waals surface area contributed by atoms with Gasteiger partial charge in [0.25, 0.3) is 0 Å². The van der Waals surface area contributed by atoms with E-state index < -0.39 is 17.4 Å². The molecule has 0 aromatic carbocycles. The Morgan fingerprint density at radius 3 is 2.53 bits per heavy atom. The van der Waals surface area contributed by atoms with Crippen LogP contribution < -0.4 is 0 Å². The largest absolute Gasteiger partial charge is 0.463 e. The highest BCUT2D eigenvalue weighted by Crippen LogP contribution is 2.14. The van der Waals surface area contributed by atoms with E-state index in [-0.39, 0.29) is 5.97 Å². The zero-order valence-electron chi connectivity index (χ0n) is 10.2. The van der Waals surface area contributed by atoms with Crippen LogP contribution in [0.3, 0.4) is 0 Å². The Bertz CT molecular complexity index is 215. The minimum absolute atomic E-state index is 0.339. The lowest BCUT2D eigenvalue weighted by atomic mass is 10.5. The lowest BCUT2D eigenvalue weighted by Gasteiger charge is -2.25. The summed E-state index contributed by atoms with van der Waals surface area (Å²) in [6.45, 7) is 12.6. The van der Waals surface area contributed by atoms with E-state index in [9.17, 15) is 4.79 Å². The Labute approximate surface area is 95.3 Å². The number of hydrogen-bond donors (Lipinski definition) is 0. The number of rotatable bonds is 7. The molecule has 0 saturated heterocycles. The number of ether oxygens (including phenoxy) is 1. The summed E-state index contributed by atoms with van der Waals surface area (Å²) in [5, 5.41) is 0. The minimum atomic E-state index is -1.50. The zero-order chi connectivity index (χ0) is 11.9. The molecule has 0 aromatic heterocycles. The molecule has 0 aliphatic carbocycles. The first-order valence-corrected chi connectivity index (χ1v) is 11.2. The molecule has 0 amide bonds. The Morgan fingerprint density at radius 1 is 1.47 bits per heavy atom. The zero-order valence-corrected chi connectivity index (χ0v) is 12.4. The second kappa shape index (κ2) is 6.97. The van der Waals surface area contributed by atoms with Gasteiger partial charge >= 0.3 is 5.97 Å². The summed E-state index contributed by atoms with van der Waals surface area (Å²) < 4.78 is 10.9. The van der Waals surface area contributed by atoms with Crippen LogP contribution in [0, 0.1) is 0 Å². The smallest absolute Gasteiger partial charge is 0.330 e. The molecular weight excluding hydrogens is 224 g/mol. The fraction of sp³-hybridized carbons (Fsp3) is 0.700. The van der Waals surface area contributed by atoms with E-state index >= 15 is 0 Å². The Morgan fingerprint density at radius 2 is 2.07 bits per heavy atom. The molecule has 88 valence electrons. The van der Waals surface area contributed by atoms with E-state index in [4.69, 9.17) is 8.85 Å². The first kappa shape index (κ1) is 14.6. The van der Waals surface area contributed by atoms with Crippen molar-refractivity contribution in [3.05, 3.63) is 12.7 Å². The van der Waals surface area contributed by atoms with Gasteiger partial charge in [-0.25, -0.2) is 4.79 Å². The van der Waals surface area contributed by atoms with Gasteiger partial charge in [0.15, 0.2) is 17.4 Å². The highest BCUT2D eigenvalue weighted by molar-refractivity contribution is 6.77.